The van der Waals surface area contributed by atoms with Gasteiger partial charge in [-0.15, -0.1) is 0 Å². The van der Waals surface area contributed by atoms with Crippen LogP contribution in [-0.2, 0) is 6.54 Å². The predicted octanol–water partition coefficient (Wildman–Crippen LogP) is 4.24. The molecule has 138 valence electrons. The molecule has 1 aliphatic rings. The number of fused-ring (bicyclic) bond motifs is 2. The second kappa shape index (κ2) is 7.19. The number of benzene rings is 3. The quantitative estimate of drug-likeness (QED) is 0.680. The molecule has 1 aliphatic heterocycles. The summed E-state index contributed by atoms with van der Waals surface area (Å²) >= 11 is 0. The predicted molar refractivity (Wildman–Crippen MR) is 103 cm³/mol. The van der Waals surface area contributed by atoms with E-state index in [0.717, 1.165) is 27.8 Å². The van der Waals surface area contributed by atoms with Gasteiger partial charge in [0, 0.05) is 13.1 Å². The lowest BCUT2D eigenvalue weighted by Gasteiger charge is -2.22. The molecule has 0 aromatic heterocycles. The summed E-state index contributed by atoms with van der Waals surface area (Å²) < 4.78 is 16.3. The Labute approximate surface area is 158 Å². The average molecular weight is 363 g/mol. The maximum absolute atomic E-state index is 13.2. The highest BCUT2D eigenvalue weighted by atomic mass is 16.7. The van der Waals surface area contributed by atoms with E-state index in [0.29, 0.717) is 24.4 Å². The molecule has 0 unspecified atom stereocenters. The number of nitrogens with zero attached hydrogens (tertiary/aromatic N) is 1. The third-order valence-electron chi connectivity index (χ3n) is 4.78. The van der Waals surface area contributed by atoms with E-state index < -0.39 is 0 Å². The van der Waals surface area contributed by atoms with Gasteiger partial charge in [0.05, 0.1) is 12.7 Å². The molecule has 0 atom stereocenters. The maximum atomic E-state index is 13.2. The molecular weight excluding hydrogens is 342 g/mol. The lowest BCUT2D eigenvalue weighted by molar-refractivity contribution is 0.0749. The Balaban J connectivity index is 1.64. The highest BCUT2D eigenvalue weighted by Crippen LogP contribution is 2.33. The number of carbonyl (C=O) groups excluding carboxylic acids is 1. The number of amides is 1. The summed E-state index contributed by atoms with van der Waals surface area (Å²) in [4.78, 5) is 15.0. The van der Waals surface area contributed by atoms with Gasteiger partial charge in [-0.25, -0.2) is 0 Å². The second-order valence-electron chi connectivity index (χ2n) is 6.41. The molecule has 5 nitrogen and oxygen atoms in total. The molecule has 0 saturated carbocycles. The summed E-state index contributed by atoms with van der Waals surface area (Å²) in [7, 11) is 1.59. The molecule has 0 fully saturated rings. The molecule has 0 N–H and O–H groups in total. The van der Waals surface area contributed by atoms with E-state index in [-0.39, 0.29) is 12.7 Å². The van der Waals surface area contributed by atoms with E-state index in [9.17, 15) is 4.79 Å². The third kappa shape index (κ3) is 3.28. The summed E-state index contributed by atoms with van der Waals surface area (Å²) in [5.74, 6) is 1.99. The fourth-order valence-electron chi connectivity index (χ4n) is 3.31. The van der Waals surface area contributed by atoms with Gasteiger partial charge in [-0.3, -0.25) is 4.79 Å². The number of ether oxygens (including phenoxy) is 3. The van der Waals surface area contributed by atoms with Crippen LogP contribution in [0.5, 0.6) is 17.2 Å². The SMILES string of the molecule is CCN(Cc1ccc2c(c1)OCO2)C(=O)c1cc2ccccc2cc1OC. The first-order valence-corrected chi connectivity index (χ1v) is 8.94. The van der Waals surface area contributed by atoms with E-state index in [2.05, 4.69) is 0 Å². The number of methoxy groups -OCH3 is 1. The maximum Gasteiger partial charge on any atom is 0.257 e. The van der Waals surface area contributed by atoms with Crippen molar-refractivity contribution in [2.45, 2.75) is 13.5 Å². The van der Waals surface area contributed by atoms with Crippen molar-refractivity contribution in [1.29, 1.82) is 0 Å². The van der Waals surface area contributed by atoms with Crippen LogP contribution in [0.25, 0.3) is 10.8 Å². The summed E-state index contributed by atoms with van der Waals surface area (Å²) in [6, 6.07) is 17.5. The van der Waals surface area contributed by atoms with Crippen LogP contribution < -0.4 is 14.2 Å². The van der Waals surface area contributed by atoms with Crippen LogP contribution in [0.1, 0.15) is 22.8 Å². The highest BCUT2D eigenvalue weighted by Gasteiger charge is 2.21. The van der Waals surface area contributed by atoms with Gasteiger partial charge in [-0.2, -0.15) is 0 Å². The number of rotatable bonds is 5. The van der Waals surface area contributed by atoms with E-state index >= 15 is 0 Å². The number of hydrogen-bond acceptors (Lipinski definition) is 4. The van der Waals surface area contributed by atoms with E-state index in [4.69, 9.17) is 14.2 Å². The van der Waals surface area contributed by atoms with Crippen LogP contribution in [0.15, 0.2) is 54.6 Å². The van der Waals surface area contributed by atoms with Crippen molar-refractivity contribution in [1.82, 2.24) is 4.90 Å². The zero-order chi connectivity index (χ0) is 18.8. The number of hydrogen-bond donors (Lipinski definition) is 0. The first kappa shape index (κ1) is 17.2. The molecule has 3 aromatic rings. The van der Waals surface area contributed by atoms with E-state index in [1.165, 1.54) is 0 Å². The molecule has 5 heteroatoms. The van der Waals surface area contributed by atoms with Gasteiger partial charge in [0.1, 0.15) is 5.75 Å². The van der Waals surface area contributed by atoms with Gasteiger partial charge in [0.25, 0.3) is 5.91 Å². The van der Waals surface area contributed by atoms with Crippen molar-refractivity contribution in [2.24, 2.45) is 0 Å². The van der Waals surface area contributed by atoms with Crippen molar-refractivity contribution in [3.8, 4) is 17.2 Å². The molecule has 0 spiro atoms. The average Bonchev–Trinajstić information content (AvgIpc) is 3.18. The van der Waals surface area contributed by atoms with Gasteiger partial charge in [-0.05, 0) is 47.5 Å². The molecule has 0 bridgehead atoms. The van der Waals surface area contributed by atoms with Crippen molar-refractivity contribution < 1.29 is 19.0 Å². The van der Waals surface area contributed by atoms with Crippen molar-refractivity contribution in [3.05, 3.63) is 65.7 Å². The van der Waals surface area contributed by atoms with Gasteiger partial charge < -0.3 is 19.1 Å². The first-order chi connectivity index (χ1) is 13.2. The molecule has 0 aliphatic carbocycles. The Morgan fingerprint density at radius 2 is 1.78 bits per heavy atom. The molecule has 1 amide bonds. The molecule has 0 saturated heterocycles. The van der Waals surface area contributed by atoms with Crippen LogP contribution >= 0.6 is 0 Å². The zero-order valence-corrected chi connectivity index (χ0v) is 15.4. The van der Waals surface area contributed by atoms with Crippen LogP contribution in [-0.4, -0.2) is 31.3 Å². The smallest absolute Gasteiger partial charge is 0.257 e. The Hall–Kier alpha value is -3.21. The minimum atomic E-state index is -0.0576. The third-order valence-corrected chi connectivity index (χ3v) is 4.78. The molecule has 0 radical (unpaired) electrons. The Morgan fingerprint density at radius 3 is 2.52 bits per heavy atom. The lowest BCUT2D eigenvalue weighted by atomic mass is 10.0. The summed E-state index contributed by atoms with van der Waals surface area (Å²) in [5, 5.41) is 2.06. The normalized spacial score (nSPS) is 12.2. The Kier molecular flexibility index (Phi) is 4.59. The zero-order valence-electron chi connectivity index (χ0n) is 15.4. The molecule has 3 aromatic carbocycles. The Morgan fingerprint density at radius 1 is 1.04 bits per heavy atom. The molecule has 4 rings (SSSR count). The summed E-state index contributed by atoms with van der Waals surface area (Å²) in [6.07, 6.45) is 0. The van der Waals surface area contributed by atoms with Gasteiger partial charge in [-0.1, -0.05) is 30.3 Å². The second-order valence-corrected chi connectivity index (χ2v) is 6.41. The first-order valence-electron chi connectivity index (χ1n) is 8.94. The topological polar surface area (TPSA) is 48.0 Å². The summed E-state index contributed by atoms with van der Waals surface area (Å²) in [5.41, 5.74) is 1.56. The van der Waals surface area contributed by atoms with E-state index in [1.807, 2.05) is 61.5 Å². The molecule has 1 heterocycles. The van der Waals surface area contributed by atoms with Gasteiger partial charge >= 0.3 is 0 Å². The van der Waals surface area contributed by atoms with Crippen molar-refractivity contribution in [3.63, 3.8) is 0 Å². The summed E-state index contributed by atoms with van der Waals surface area (Å²) in [6.45, 7) is 3.28. The monoisotopic (exact) mass is 363 g/mol. The number of carbonyl (C=O) groups is 1. The minimum absolute atomic E-state index is 0.0576. The molecule has 27 heavy (non-hydrogen) atoms. The van der Waals surface area contributed by atoms with Crippen LogP contribution in [0, 0.1) is 0 Å². The van der Waals surface area contributed by atoms with Crippen LogP contribution in [0.2, 0.25) is 0 Å². The van der Waals surface area contributed by atoms with Crippen LogP contribution in [0.3, 0.4) is 0 Å². The lowest BCUT2D eigenvalue weighted by Crippen LogP contribution is -2.30. The largest absolute Gasteiger partial charge is 0.496 e. The fraction of sp³-hybridized carbons (Fsp3) is 0.227. The minimum Gasteiger partial charge on any atom is -0.496 e. The van der Waals surface area contributed by atoms with Crippen molar-refractivity contribution >= 4 is 16.7 Å². The highest BCUT2D eigenvalue weighted by molar-refractivity contribution is 6.01. The van der Waals surface area contributed by atoms with E-state index in [1.54, 1.807) is 12.0 Å². The standard InChI is InChI=1S/C22H21NO4/c1-3-23(13-15-8-9-19-21(10-15)27-14-26-19)22(24)18-11-16-6-4-5-7-17(16)12-20(18)25-2/h4-12H,3,13-14H2,1-2H3. The fourth-order valence-corrected chi connectivity index (χ4v) is 3.31. The van der Waals surface area contributed by atoms with Gasteiger partial charge in [0.2, 0.25) is 6.79 Å². The Bertz CT molecular complexity index is 999. The van der Waals surface area contributed by atoms with Crippen LogP contribution in [0.4, 0.5) is 0 Å². The molecular formula is C22H21NO4. The van der Waals surface area contributed by atoms with Gasteiger partial charge in [0.15, 0.2) is 11.5 Å². The van der Waals surface area contributed by atoms with Crippen molar-refractivity contribution in [2.75, 3.05) is 20.4 Å².